The molecule has 1 saturated heterocycles. The minimum atomic E-state index is -0.412. The summed E-state index contributed by atoms with van der Waals surface area (Å²) in [6.07, 6.45) is 0. The number of amides is 3. The Morgan fingerprint density at radius 1 is 0.583 bits per heavy atom. The van der Waals surface area contributed by atoms with Crippen LogP contribution in [0.2, 0.25) is 0 Å². The lowest BCUT2D eigenvalue weighted by molar-refractivity contribution is -0.122. The summed E-state index contributed by atoms with van der Waals surface area (Å²) >= 11 is 0. The van der Waals surface area contributed by atoms with Crippen LogP contribution in [0, 0.1) is 11.8 Å². The number of anilines is 2. The number of benzene rings is 4. The zero-order valence-electron chi connectivity index (χ0n) is 19.3. The number of carbonyl (C=O) groups is 3. The first-order chi connectivity index (χ1) is 17.6. The zero-order chi connectivity index (χ0) is 24.4. The summed E-state index contributed by atoms with van der Waals surface area (Å²) in [5.41, 5.74) is 6.32. The Kier molecular flexibility index (Phi) is 4.48. The third-order valence-corrected chi connectivity index (χ3v) is 7.87. The first-order valence-electron chi connectivity index (χ1n) is 12.2. The van der Waals surface area contributed by atoms with Crippen LogP contribution in [-0.4, -0.2) is 17.7 Å². The number of nitrogens with one attached hydrogen (secondary N) is 1. The molecule has 3 aliphatic carbocycles. The number of hydrogen-bond acceptors (Lipinski definition) is 3. The van der Waals surface area contributed by atoms with Gasteiger partial charge in [0.1, 0.15) is 0 Å². The van der Waals surface area contributed by atoms with Gasteiger partial charge in [0, 0.05) is 23.1 Å². The van der Waals surface area contributed by atoms with Crippen LogP contribution in [0.25, 0.3) is 0 Å². The SMILES string of the molecule is O=C(Nc1ccc(N2C(=O)[C@@H]3C4c5ccccc5C(c5ccccc54)[C@@H]3C2=O)cc1)c1ccccc1. The van der Waals surface area contributed by atoms with Crippen LogP contribution < -0.4 is 10.2 Å². The highest BCUT2D eigenvalue weighted by atomic mass is 16.2. The van der Waals surface area contributed by atoms with Gasteiger partial charge in [0.15, 0.2) is 0 Å². The van der Waals surface area contributed by atoms with Crippen molar-refractivity contribution in [3.63, 3.8) is 0 Å². The molecule has 2 bridgehead atoms. The molecule has 1 fully saturated rings. The van der Waals surface area contributed by atoms with Crippen LogP contribution in [0.15, 0.2) is 103 Å². The monoisotopic (exact) mass is 470 g/mol. The molecule has 3 amide bonds. The molecule has 5 heteroatoms. The van der Waals surface area contributed by atoms with Crippen molar-refractivity contribution in [3.05, 3.63) is 131 Å². The fraction of sp³-hybridized carbons (Fsp3) is 0.129. The van der Waals surface area contributed by atoms with Gasteiger partial charge >= 0.3 is 0 Å². The molecular weight excluding hydrogens is 448 g/mol. The Balaban J connectivity index is 1.23. The molecule has 0 unspecified atom stereocenters. The number of hydrogen-bond donors (Lipinski definition) is 1. The van der Waals surface area contributed by atoms with Crippen molar-refractivity contribution >= 4 is 29.1 Å². The molecule has 4 aromatic rings. The third kappa shape index (κ3) is 2.86. The predicted molar refractivity (Wildman–Crippen MR) is 137 cm³/mol. The molecule has 0 aromatic heterocycles. The van der Waals surface area contributed by atoms with Crippen molar-refractivity contribution in [3.8, 4) is 0 Å². The van der Waals surface area contributed by atoms with E-state index in [0.29, 0.717) is 16.9 Å². The molecule has 4 aromatic carbocycles. The van der Waals surface area contributed by atoms with E-state index in [0.717, 1.165) is 22.3 Å². The smallest absolute Gasteiger partial charge is 0.255 e. The van der Waals surface area contributed by atoms with Crippen molar-refractivity contribution in [2.45, 2.75) is 11.8 Å². The van der Waals surface area contributed by atoms with E-state index in [1.165, 1.54) is 4.90 Å². The fourth-order valence-electron chi connectivity index (χ4n) is 6.42. The number of rotatable bonds is 3. The molecule has 1 aliphatic heterocycles. The van der Waals surface area contributed by atoms with Gasteiger partial charge in [-0.05, 0) is 58.7 Å². The van der Waals surface area contributed by atoms with Crippen LogP contribution in [0.5, 0.6) is 0 Å². The lowest BCUT2D eigenvalue weighted by Crippen LogP contribution is -2.41. The maximum Gasteiger partial charge on any atom is 0.255 e. The molecule has 4 aliphatic rings. The van der Waals surface area contributed by atoms with Gasteiger partial charge in [0.25, 0.3) is 5.91 Å². The highest BCUT2D eigenvalue weighted by Gasteiger charge is 2.61. The molecule has 1 heterocycles. The van der Waals surface area contributed by atoms with Gasteiger partial charge < -0.3 is 5.32 Å². The van der Waals surface area contributed by atoms with Gasteiger partial charge in [-0.15, -0.1) is 0 Å². The molecule has 8 rings (SSSR count). The minimum absolute atomic E-state index is 0.127. The Bertz CT molecular complexity index is 1430. The van der Waals surface area contributed by atoms with E-state index in [9.17, 15) is 14.4 Å². The summed E-state index contributed by atoms with van der Waals surface area (Å²) in [4.78, 5) is 41.5. The Labute approximate surface area is 208 Å². The van der Waals surface area contributed by atoms with Crippen molar-refractivity contribution in [2.75, 3.05) is 10.2 Å². The molecule has 174 valence electrons. The van der Waals surface area contributed by atoms with Gasteiger partial charge in [-0.3, -0.25) is 14.4 Å². The highest BCUT2D eigenvalue weighted by molar-refractivity contribution is 6.23. The molecule has 0 spiro atoms. The summed E-state index contributed by atoms with van der Waals surface area (Å²) < 4.78 is 0. The number of carbonyl (C=O) groups excluding carboxylic acids is 3. The quantitative estimate of drug-likeness (QED) is 0.411. The van der Waals surface area contributed by atoms with Crippen molar-refractivity contribution in [1.29, 1.82) is 0 Å². The molecular formula is C31H22N2O3. The van der Waals surface area contributed by atoms with Gasteiger partial charge in [-0.25, -0.2) is 4.90 Å². The van der Waals surface area contributed by atoms with E-state index >= 15 is 0 Å². The van der Waals surface area contributed by atoms with Crippen LogP contribution in [0.1, 0.15) is 44.4 Å². The first kappa shape index (κ1) is 20.8. The number of nitrogens with zero attached hydrogens (tertiary/aromatic N) is 1. The Hall–Kier alpha value is -4.51. The second kappa shape index (κ2) is 7.75. The molecule has 1 N–H and O–H groups in total. The lowest BCUT2D eigenvalue weighted by atomic mass is 9.55. The van der Waals surface area contributed by atoms with Crippen molar-refractivity contribution in [1.82, 2.24) is 0 Å². The standard InChI is InChI=1S/C31H22N2O3/c34-29(18-8-2-1-3-9-18)32-19-14-16-20(17-15-19)33-30(35)27-25-21-10-4-5-11-22(21)26(28(27)31(33)36)24-13-7-6-12-23(24)25/h1-17,25-28H,(H,32,34)/t25?,26?,27-,28+. The summed E-state index contributed by atoms with van der Waals surface area (Å²) in [5.74, 6) is -1.59. The van der Waals surface area contributed by atoms with E-state index < -0.39 is 11.8 Å². The third-order valence-electron chi connectivity index (χ3n) is 7.87. The summed E-state index contributed by atoms with van der Waals surface area (Å²) in [6.45, 7) is 0. The molecule has 0 radical (unpaired) electrons. The molecule has 0 saturated carbocycles. The lowest BCUT2D eigenvalue weighted by Gasteiger charge is -2.45. The van der Waals surface area contributed by atoms with Gasteiger partial charge in [0.2, 0.25) is 11.8 Å². The van der Waals surface area contributed by atoms with Crippen molar-refractivity contribution < 1.29 is 14.4 Å². The van der Waals surface area contributed by atoms with Gasteiger partial charge in [0.05, 0.1) is 17.5 Å². The van der Waals surface area contributed by atoms with E-state index in [1.807, 2.05) is 42.5 Å². The summed E-state index contributed by atoms with van der Waals surface area (Å²) in [6, 6.07) is 32.4. The van der Waals surface area contributed by atoms with Crippen LogP contribution >= 0.6 is 0 Å². The minimum Gasteiger partial charge on any atom is -0.322 e. The van der Waals surface area contributed by atoms with Crippen LogP contribution in [-0.2, 0) is 9.59 Å². The predicted octanol–water partition coefficient (Wildman–Crippen LogP) is 5.34. The normalized spacial score (nSPS) is 23.2. The van der Waals surface area contributed by atoms with Gasteiger partial charge in [-0.1, -0.05) is 66.7 Å². The van der Waals surface area contributed by atoms with Crippen LogP contribution in [0.4, 0.5) is 11.4 Å². The molecule has 5 nitrogen and oxygen atoms in total. The molecule has 36 heavy (non-hydrogen) atoms. The van der Waals surface area contributed by atoms with Gasteiger partial charge in [-0.2, -0.15) is 0 Å². The highest BCUT2D eigenvalue weighted by Crippen LogP contribution is 2.61. The second-order valence-electron chi connectivity index (χ2n) is 9.64. The summed E-state index contributed by atoms with van der Waals surface area (Å²) in [7, 11) is 0. The van der Waals surface area contributed by atoms with E-state index in [4.69, 9.17) is 0 Å². The largest absolute Gasteiger partial charge is 0.322 e. The topological polar surface area (TPSA) is 66.5 Å². The number of imide groups is 1. The van der Waals surface area contributed by atoms with Crippen LogP contribution in [0.3, 0.4) is 0 Å². The second-order valence-corrected chi connectivity index (χ2v) is 9.64. The fourth-order valence-corrected chi connectivity index (χ4v) is 6.42. The first-order valence-corrected chi connectivity index (χ1v) is 12.2. The van der Waals surface area contributed by atoms with E-state index in [-0.39, 0.29) is 29.6 Å². The van der Waals surface area contributed by atoms with E-state index in [1.54, 1.807) is 36.4 Å². The van der Waals surface area contributed by atoms with E-state index in [2.05, 4.69) is 29.6 Å². The maximum atomic E-state index is 13.8. The Morgan fingerprint density at radius 3 is 1.50 bits per heavy atom. The average Bonchev–Trinajstić information content (AvgIpc) is 3.20. The average molecular weight is 471 g/mol. The zero-order valence-corrected chi connectivity index (χ0v) is 19.3. The van der Waals surface area contributed by atoms with Crippen molar-refractivity contribution in [2.24, 2.45) is 11.8 Å². The summed E-state index contributed by atoms with van der Waals surface area (Å²) in [5, 5.41) is 2.87. The Morgan fingerprint density at radius 2 is 1.03 bits per heavy atom. The maximum absolute atomic E-state index is 13.8. The molecule has 2 atom stereocenters.